The minimum absolute atomic E-state index is 0. The molecule has 0 radical (unpaired) electrons. The highest BCUT2D eigenvalue weighted by Crippen LogP contribution is 2.21. The number of carbonyl (C=O) groups excluding carboxylic acids is 1. The lowest BCUT2D eigenvalue weighted by Crippen LogP contribution is -2.52. The number of hydrogen-bond acceptors (Lipinski definition) is 3. The fourth-order valence-corrected chi connectivity index (χ4v) is 4.06. The Morgan fingerprint density at radius 3 is 2.19 bits per heavy atom. The molecule has 0 saturated carbocycles. The van der Waals surface area contributed by atoms with Gasteiger partial charge in [0, 0.05) is 64.1 Å². The number of nitrogens with one attached hydrogen (secondary N) is 1. The first-order valence-electron chi connectivity index (χ1n) is 10.5. The maximum absolute atomic E-state index is 13.1. The van der Waals surface area contributed by atoms with Crippen molar-refractivity contribution in [3.63, 3.8) is 0 Å². The third-order valence-electron chi connectivity index (χ3n) is 5.75. The zero-order valence-corrected chi connectivity index (χ0v) is 20.1. The monoisotopic (exact) mass is 537 g/mol. The maximum Gasteiger partial charge on any atom is 0.227 e. The molecule has 6 nitrogen and oxygen atoms in total. The number of amides is 1. The lowest BCUT2D eigenvalue weighted by Gasteiger charge is -2.37. The molecule has 2 saturated heterocycles. The van der Waals surface area contributed by atoms with E-state index >= 15 is 0 Å². The number of hydrogen-bond donors (Lipinski definition) is 1. The topological polar surface area (TPSA) is 51.2 Å². The third kappa shape index (κ3) is 5.66. The first-order chi connectivity index (χ1) is 14.6. The van der Waals surface area contributed by atoms with Gasteiger partial charge in [-0.3, -0.25) is 9.79 Å². The molecule has 0 spiro atoms. The second-order valence-electron chi connectivity index (χ2n) is 7.67. The van der Waals surface area contributed by atoms with Crippen molar-refractivity contribution < 1.29 is 9.18 Å². The van der Waals surface area contributed by atoms with E-state index in [4.69, 9.17) is 0 Å². The number of rotatable bonds is 4. The molecule has 31 heavy (non-hydrogen) atoms. The quantitative estimate of drug-likeness (QED) is 0.369. The van der Waals surface area contributed by atoms with Gasteiger partial charge in [-0.2, -0.15) is 0 Å². The smallest absolute Gasteiger partial charge is 0.227 e. The molecule has 8 heteroatoms. The van der Waals surface area contributed by atoms with Gasteiger partial charge in [0.1, 0.15) is 5.82 Å². The Morgan fingerprint density at radius 1 is 0.968 bits per heavy atom. The SMILES string of the molecule is CN=C(NCc1ccc(N2CCCC2=O)cc1)N1CCN(c2ccc(F)cc2)CC1.I. The second-order valence-corrected chi connectivity index (χ2v) is 7.67. The number of guanidine groups is 1. The van der Waals surface area contributed by atoms with E-state index in [1.165, 1.54) is 12.1 Å². The van der Waals surface area contributed by atoms with Crippen molar-refractivity contribution in [3.05, 3.63) is 59.9 Å². The zero-order valence-electron chi connectivity index (χ0n) is 17.8. The lowest BCUT2D eigenvalue weighted by atomic mass is 10.2. The zero-order chi connectivity index (χ0) is 20.9. The van der Waals surface area contributed by atoms with Crippen LogP contribution >= 0.6 is 24.0 Å². The largest absolute Gasteiger partial charge is 0.368 e. The van der Waals surface area contributed by atoms with Crippen LogP contribution < -0.4 is 15.1 Å². The molecule has 2 fully saturated rings. The van der Waals surface area contributed by atoms with Crippen molar-refractivity contribution in [2.24, 2.45) is 4.99 Å². The van der Waals surface area contributed by atoms with Crippen molar-refractivity contribution in [2.45, 2.75) is 19.4 Å². The molecular formula is C23H29FIN5O. The summed E-state index contributed by atoms with van der Waals surface area (Å²) in [6.45, 7) is 4.93. The summed E-state index contributed by atoms with van der Waals surface area (Å²) in [5.74, 6) is 0.885. The first-order valence-corrected chi connectivity index (χ1v) is 10.5. The predicted molar refractivity (Wildman–Crippen MR) is 134 cm³/mol. The van der Waals surface area contributed by atoms with Crippen LogP contribution in [0.5, 0.6) is 0 Å². The minimum atomic E-state index is -0.206. The van der Waals surface area contributed by atoms with Gasteiger partial charge in [0.05, 0.1) is 0 Å². The van der Waals surface area contributed by atoms with Crippen molar-refractivity contribution in [1.82, 2.24) is 10.2 Å². The van der Waals surface area contributed by atoms with Gasteiger partial charge in [-0.1, -0.05) is 12.1 Å². The fraction of sp³-hybridized carbons (Fsp3) is 0.391. The normalized spacial score (nSPS) is 17.0. The van der Waals surface area contributed by atoms with Crippen molar-refractivity contribution in [2.75, 3.05) is 49.6 Å². The number of aliphatic imine (C=N–C) groups is 1. The van der Waals surface area contributed by atoms with Gasteiger partial charge >= 0.3 is 0 Å². The van der Waals surface area contributed by atoms with E-state index in [9.17, 15) is 9.18 Å². The summed E-state index contributed by atoms with van der Waals surface area (Å²) >= 11 is 0. The number of anilines is 2. The molecule has 2 aliphatic heterocycles. The summed E-state index contributed by atoms with van der Waals surface area (Å²) in [6.07, 6.45) is 1.58. The average Bonchev–Trinajstić information content (AvgIpc) is 3.21. The third-order valence-corrected chi connectivity index (χ3v) is 5.75. The standard InChI is InChI=1S/C23H28FN5O.HI/c1-25-23(28-15-13-27(14-16-28)20-10-6-19(24)7-11-20)26-17-18-4-8-21(9-5-18)29-12-2-3-22(29)30;/h4-11H,2-3,12-17H2,1H3,(H,25,26);1H. The van der Waals surface area contributed by atoms with Gasteiger partial charge in [0.25, 0.3) is 0 Å². The van der Waals surface area contributed by atoms with Crippen LogP contribution in [0.15, 0.2) is 53.5 Å². The van der Waals surface area contributed by atoms with E-state index in [1.54, 1.807) is 7.05 Å². The van der Waals surface area contributed by atoms with Gasteiger partial charge in [-0.05, 0) is 48.4 Å². The Labute approximate surface area is 200 Å². The number of nitrogens with zero attached hydrogens (tertiary/aromatic N) is 4. The van der Waals surface area contributed by atoms with E-state index in [-0.39, 0.29) is 35.7 Å². The Hall–Kier alpha value is -2.36. The molecule has 0 aliphatic carbocycles. The Kier molecular flexibility index (Phi) is 8.11. The first kappa shape index (κ1) is 23.3. The molecule has 0 unspecified atom stereocenters. The molecule has 1 N–H and O–H groups in total. The summed E-state index contributed by atoms with van der Waals surface area (Å²) in [4.78, 5) is 22.7. The van der Waals surface area contributed by atoms with Crippen molar-refractivity contribution in [3.8, 4) is 0 Å². The summed E-state index contributed by atoms with van der Waals surface area (Å²) in [7, 11) is 1.80. The molecule has 0 atom stereocenters. The van der Waals surface area contributed by atoms with E-state index < -0.39 is 0 Å². The molecular weight excluding hydrogens is 508 g/mol. The number of halogens is 2. The summed E-state index contributed by atoms with van der Waals surface area (Å²) in [5.41, 5.74) is 3.18. The van der Waals surface area contributed by atoms with E-state index in [0.29, 0.717) is 13.0 Å². The Bertz CT molecular complexity index is 895. The predicted octanol–water partition coefficient (Wildman–Crippen LogP) is 3.47. The van der Waals surface area contributed by atoms with Gasteiger partial charge < -0.3 is 20.0 Å². The second kappa shape index (κ2) is 10.8. The highest BCUT2D eigenvalue weighted by molar-refractivity contribution is 14.0. The molecule has 2 aromatic rings. The molecule has 2 heterocycles. The average molecular weight is 537 g/mol. The highest BCUT2D eigenvalue weighted by atomic mass is 127. The molecule has 4 rings (SSSR count). The Balaban J connectivity index is 0.00000272. The van der Waals surface area contributed by atoms with Gasteiger partial charge in [0.15, 0.2) is 5.96 Å². The Morgan fingerprint density at radius 2 is 1.61 bits per heavy atom. The van der Waals surface area contributed by atoms with Gasteiger partial charge in [-0.25, -0.2) is 4.39 Å². The van der Waals surface area contributed by atoms with Crippen LogP contribution in [0.2, 0.25) is 0 Å². The lowest BCUT2D eigenvalue weighted by molar-refractivity contribution is -0.117. The number of benzene rings is 2. The van der Waals surface area contributed by atoms with Gasteiger partial charge in [-0.15, -0.1) is 24.0 Å². The molecule has 0 bridgehead atoms. The van der Waals surface area contributed by atoms with Crippen molar-refractivity contribution >= 4 is 47.2 Å². The van der Waals surface area contributed by atoms with Gasteiger partial charge in [0.2, 0.25) is 5.91 Å². The van der Waals surface area contributed by atoms with E-state index in [1.807, 2.05) is 29.2 Å². The number of piperazine rings is 1. The van der Waals surface area contributed by atoms with E-state index in [0.717, 1.165) is 62.0 Å². The van der Waals surface area contributed by atoms with Crippen LogP contribution in [-0.4, -0.2) is 56.5 Å². The van der Waals surface area contributed by atoms with Crippen LogP contribution in [0.25, 0.3) is 0 Å². The molecule has 2 aromatic carbocycles. The minimum Gasteiger partial charge on any atom is -0.368 e. The van der Waals surface area contributed by atoms with Crippen LogP contribution in [0.1, 0.15) is 18.4 Å². The maximum atomic E-state index is 13.1. The summed E-state index contributed by atoms with van der Waals surface area (Å²) in [6, 6.07) is 14.8. The highest BCUT2D eigenvalue weighted by Gasteiger charge is 2.22. The molecule has 2 aliphatic rings. The van der Waals surface area contributed by atoms with E-state index in [2.05, 4.69) is 32.2 Å². The van der Waals surface area contributed by atoms with Crippen LogP contribution in [-0.2, 0) is 11.3 Å². The molecule has 166 valence electrons. The summed E-state index contributed by atoms with van der Waals surface area (Å²) in [5, 5.41) is 3.44. The summed E-state index contributed by atoms with van der Waals surface area (Å²) < 4.78 is 13.1. The van der Waals surface area contributed by atoms with Crippen LogP contribution in [0.4, 0.5) is 15.8 Å². The number of carbonyl (C=O) groups is 1. The molecule has 0 aromatic heterocycles. The molecule has 1 amide bonds. The van der Waals surface area contributed by atoms with Crippen LogP contribution in [0.3, 0.4) is 0 Å². The fourth-order valence-electron chi connectivity index (χ4n) is 4.06. The van der Waals surface area contributed by atoms with Crippen molar-refractivity contribution in [1.29, 1.82) is 0 Å². The van der Waals surface area contributed by atoms with Crippen LogP contribution in [0, 0.1) is 5.82 Å².